The van der Waals surface area contributed by atoms with Crippen LogP contribution in [0.15, 0.2) is 52.8 Å². The molecule has 0 radical (unpaired) electrons. The third kappa shape index (κ3) is 2.97. The first-order valence-electron chi connectivity index (χ1n) is 7.81. The lowest BCUT2D eigenvalue weighted by atomic mass is 10.0. The number of para-hydroxylation sites is 1. The minimum Gasteiger partial charge on any atom is -0.361 e. The second kappa shape index (κ2) is 6.43. The minimum atomic E-state index is 0.112. The Labute approximate surface area is 154 Å². The van der Waals surface area contributed by atoms with Crippen LogP contribution in [0.25, 0.3) is 11.3 Å². The van der Waals surface area contributed by atoms with Crippen LogP contribution in [0.1, 0.15) is 33.9 Å². The maximum Gasteiger partial charge on any atom is 0.163 e. The fourth-order valence-electron chi connectivity index (χ4n) is 2.78. The van der Waals surface area contributed by atoms with Crippen LogP contribution in [-0.2, 0) is 0 Å². The van der Waals surface area contributed by atoms with E-state index >= 15 is 0 Å². The summed E-state index contributed by atoms with van der Waals surface area (Å²) in [7, 11) is 0. The Morgan fingerprint density at radius 2 is 2.00 bits per heavy atom. The maximum absolute atomic E-state index is 10.8. The molecule has 1 N–H and O–H groups in total. The molecule has 1 aliphatic heterocycles. The van der Waals surface area contributed by atoms with Gasteiger partial charge in [0.15, 0.2) is 10.8 Å². The van der Waals surface area contributed by atoms with Crippen LogP contribution in [0, 0.1) is 0 Å². The van der Waals surface area contributed by atoms with Crippen molar-refractivity contribution in [1.29, 1.82) is 0 Å². The van der Waals surface area contributed by atoms with Crippen molar-refractivity contribution in [3.05, 3.63) is 69.0 Å². The number of benzene rings is 2. The largest absolute Gasteiger partial charge is 0.361 e. The first-order valence-corrected chi connectivity index (χ1v) is 9.06. The van der Waals surface area contributed by atoms with Crippen LogP contribution >= 0.6 is 22.9 Å². The Kier molecular flexibility index (Phi) is 4.11. The molecule has 0 saturated carbocycles. The molecule has 0 bridgehead atoms. The summed E-state index contributed by atoms with van der Waals surface area (Å²) in [5.74, 6) is 0.730. The maximum atomic E-state index is 10.8. The van der Waals surface area contributed by atoms with Crippen molar-refractivity contribution in [2.45, 2.75) is 13.0 Å². The molecule has 0 amide bonds. The van der Waals surface area contributed by atoms with Gasteiger partial charge in [0.2, 0.25) is 0 Å². The summed E-state index contributed by atoms with van der Waals surface area (Å²) in [6, 6.07) is 13.3. The molecule has 1 atom stereocenters. The van der Waals surface area contributed by atoms with Crippen LogP contribution in [0.2, 0.25) is 5.02 Å². The molecule has 0 aliphatic carbocycles. The lowest BCUT2D eigenvalue weighted by Gasteiger charge is -2.23. The van der Waals surface area contributed by atoms with Crippen LogP contribution in [-0.4, -0.2) is 17.1 Å². The van der Waals surface area contributed by atoms with Crippen LogP contribution in [0.5, 0.6) is 0 Å². The Morgan fingerprint density at radius 3 is 2.76 bits per heavy atom. The predicted octanol–water partition coefficient (Wildman–Crippen LogP) is 5.02. The molecule has 2 aromatic carbocycles. The number of aromatic nitrogens is 1. The van der Waals surface area contributed by atoms with E-state index in [0.29, 0.717) is 10.6 Å². The zero-order valence-electron chi connectivity index (χ0n) is 13.4. The SMILES string of the molecule is CC1NC(c2nc(-c3ccc(C=O)cc3)cs2)=Nc2c(Cl)cccc21. The monoisotopic (exact) mass is 367 g/mol. The second-order valence-electron chi connectivity index (χ2n) is 5.78. The lowest BCUT2D eigenvalue weighted by molar-refractivity contribution is 0.112. The average molecular weight is 368 g/mol. The number of hydrogen-bond acceptors (Lipinski definition) is 5. The van der Waals surface area contributed by atoms with E-state index in [2.05, 4.69) is 17.2 Å². The van der Waals surface area contributed by atoms with E-state index in [-0.39, 0.29) is 6.04 Å². The fraction of sp³-hybridized carbons (Fsp3) is 0.105. The summed E-state index contributed by atoms with van der Waals surface area (Å²) in [5.41, 5.74) is 4.36. The molecule has 1 unspecified atom stereocenters. The topological polar surface area (TPSA) is 54.4 Å². The molecule has 0 saturated heterocycles. The van der Waals surface area contributed by atoms with Crippen molar-refractivity contribution in [3.8, 4) is 11.3 Å². The molecule has 2 heterocycles. The fourth-order valence-corrected chi connectivity index (χ4v) is 3.79. The van der Waals surface area contributed by atoms with Gasteiger partial charge in [-0.2, -0.15) is 0 Å². The van der Waals surface area contributed by atoms with Gasteiger partial charge in [0.05, 0.1) is 22.4 Å². The summed E-state index contributed by atoms with van der Waals surface area (Å²) < 4.78 is 0. The number of hydrogen-bond donors (Lipinski definition) is 1. The number of nitrogens with one attached hydrogen (secondary N) is 1. The molecule has 1 aliphatic rings. The van der Waals surface area contributed by atoms with Crippen LogP contribution in [0.4, 0.5) is 5.69 Å². The average Bonchev–Trinajstić information content (AvgIpc) is 3.13. The van der Waals surface area contributed by atoms with Crippen molar-refractivity contribution in [1.82, 2.24) is 10.3 Å². The third-order valence-electron chi connectivity index (χ3n) is 4.11. The summed E-state index contributed by atoms with van der Waals surface area (Å²) in [6.45, 7) is 2.08. The second-order valence-corrected chi connectivity index (χ2v) is 7.05. The Balaban J connectivity index is 1.70. The predicted molar refractivity (Wildman–Crippen MR) is 102 cm³/mol. The number of thiazole rings is 1. The molecular formula is C19H14ClN3OS. The van der Waals surface area contributed by atoms with Gasteiger partial charge < -0.3 is 5.32 Å². The highest BCUT2D eigenvalue weighted by molar-refractivity contribution is 7.12. The third-order valence-corrected chi connectivity index (χ3v) is 5.26. The highest BCUT2D eigenvalue weighted by atomic mass is 35.5. The first-order chi connectivity index (χ1) is 12.2. The van der Waals surface area contributed by atoms with Crippen LogP contribution in [0.3, 0.4) is 0 Å². The van der Waals surface area contributed by atoms with Gasteiger partial charge in [-0.15, -0.1) is 11.3 Å². The van der Waals surface area contributed by atoms with E-state index in [4.69, 9.17) is 16.6 Å². The van der Waals surface area contributed by atoms with Crippen molar-refractivity contribution in [3.63, 3.8) is 0 Å². The Hall–Kier alpha value is -2.50. The Morgan fingerprint density at radius 1 is 1.20 bits per heavy atom. The van der Waals surface area contributed by atoms with E-state index in [0.717, 1.165) is 39.6 Å². The van der Waals surface area contributed by atoms with Crippen molar-refractivity contribution in [2.24, 2.45) is 4.99 Å². The normalized spacial score (nSPS) is 15.9. The van der Waals surface area contributed by atoms with Crippen molar-refractivity contribution >= 4 is 40.7 Å². The molecular weight excluding hydrogens is 354 g/mol. The summed E-state index contributed by atoms with van der Waals surface area (Å²) >= 11 is 7.84. The van der Waals surface area contributed by atoms with Gasteiger partial charge in [-0.05, 0) is 13.0 Å². The molecule has 1 aromatic heterocycles. The van der Waals surface area contributed by atoms with Gasteiger partial charge in [-0.1, -0.05) is 48.0 Å². The highest BCUT2D eigenvalue weighted by Crippen LogP contribution is 2.36. The number of aliphatic imine (C=N–C) groups is 1. The lowest BCUT2D eigenvalue weighted by Crippen LogP contribution is -2.30. The number of halogens is 1. The van der Waals surface area contributed by atoms with E-state index in [9.17, 15) is 4.79 Å². The summed E-state index contributed by atoms with van der Waals surface area (Å²) in [6.07, 6.45) is 0.833. The first kappa shape index (κ1) is 16.0. The number of carbonyl (C=O) groups excluding carboxylic acids is 1. The summed E-state index contributed by atoms with van der Waals surface area (Å²) in [4.78, 5) is 20.1. The molecule has 4 nitrogen and oxygen atoms in total. The van der Waals surface area contributed by atoms with Gasteiger partial charge >= 0.3 is 0 Å². The number of fused-ring (bicyclic) bond motifs is 1. The van der Waals surface area contributed by atoms with Gasteiger partial charge in [-0.3, -0.25) is 4.79 Å². The van der Waals surface area contributed by atoms with Gasteiger partial charge in [0.1, 0.15) is 6.29 Å². The van der Waals surface area contributed by atoms with Gasteiger partial charge in [-0.25, -0.2) is 9.98 Å². The van der Waals surface area contributed by atoms with E-state index < -0.39 is 0 Å². The smallest absolute Gasteiger partial charge is 0.163 e. The van der Waals surface area contributed by atoms with E-state index in [1.807, 2.05) is 35.7 Å². The molecule has 124 valence electrons. The number of nitrogens with zero attached hydrogens (tertiary/aromatic N) is 2. The number of carbonyl (C=O) groups is 1. The van der Waals surface area contributed by atoms with Gasteiger partial charge in [0.25, 0.3) is 0 Å². The summed E-state index contributed by atoms with van der Waals surface area (Å²) in [5, 5.41) is 6.84. The molecule has 25 heavy (non-hydrogen) atoms. The number of rotatable bonds is 3. The molecule has 0 spiro atoms. The number of aldehydes is 1. The van der Waals surface area contributed by atoms with E-state index in [1.165, 1.54) is 11.3 Å². The van der Waals surface area contributed by atoms with Gasteiger partial charge in [0, 0.05) is 22.1 Å². The van der Waals surface area contributed by atoms with Crippen molar-refractivity contribution in [2.75, 3.05) is 0 Å². The van der Waals surface area contributed by atoms with Crippen molar-refractivity contribution < 1.29 is 4.79 Å². The van der Waals surface area contributed by atoms with E-state index in [1.54, 1.807) is 12.1 Å². The Bertz CT molecular complexity index is 979. The molecule has 0 fully saturated rings. The standard InChI is InChI=1S/C19H14ClN3OS/c1-11-14-3-2-4-15(20)17(14)23-18(21-11)19-22-16(10-25-19)13-7-5-12(9-24)6-8-13/h2-11H,1H3,(H,21,23). The minimum absolute atomic E-state index is 0.112. The van der Waals surface area contributed by atoms with Crippen LogP contribution < -0.4 is 5.32 Å². The quantitative estimate of drug-likeness (QED) is 0.661. The highest BCUT2D eigenvalue weighted by Gasteiger charge is 2.22. The zero-order valence-corrected chi connectivity index (χ0v) is 14.9. The number of amidine groups is 1. The molecule has 3 aromatic rings. The molecule has 6 heteroatoms. The molecule has 4 rings (SSSR count). The zero-order chi connectivity index (χ0) is 17.4.